The summed E-state index contributed by atoms with van der Waals surface area (Å²) >= 11 is 12.7. The highest BCUT2D eigenvalue weighted by Crippen LogP contribution is 2.30. The van der Waals surface area contributed by atoms with E-state index in [1.54, 1.807) is 17.0 Å². The Labute approximate surface area is 259 Å². The summed E-state index contributed by atoms with van der Waals surface area (Å²) in [7, 11) is 0. The van der Waals surface area contributed by atoms with Crippen molar-refractivity contribution in [1.29, 1.82) is 0 Å². The van der Waals surface area contributed by atoms with Crippen molar-refractivity contribution in [2.75, 3.05) is 13.2 Å². The summed E-state index contributed by atoms with van der Waals surface area (Å²) in [5.41, 5.74) is 2.67. The first kappa shape index (κ1) is 31.7. The van der Waals surface area contributed by atoms with Gasteiger partial charge in [0.25, 0.3) is 0 Å². The summed E-state index contributed by atoms with van der Waals surface area (Å²) < 4.78 is 11.5. The van der Waals surface area contributed by atoms with Crippen molar-refractivity contribution >= 4 is 35.0 Å². The third-order valence-electron chi connectivity index (χ3n) is 7.56. The standard InChI is InChI=1S/C34H40Cl2N2O4/c1-3-41-31-18-14-25(21-32(31)42-4-2)15-19-33(39)38(23-26-16-17-27(35)22-29(26)36)30(20-24-10-6-5-7-11-24)34(40)37-28-12-8-9-13-28/h5-7,10-11,14,16-18,21-22,28,30H,3-4,8-9,12-13,15,19-20,23H2,1-2H3,(H,37,40)/t30-/m0/s1. The second kappa shape index (κ2) is 15.9. The van der Waals surface area contributed by atoms with Gasteiger partial charge < -0.3 is 19.7 Å². The lowest BCUT2D eigenvalue weighted by Gasteiger charge is -2.32. The molecule has 3 aromatic carbocycles. The number of aryl methyl sites for hydroxylation is 1. The highest BCUT2D eigenvalue weighted by Gasteiger charge is 2.32. The molecule has 1 saturated carbocycles. The van der Waals surface area contributed by atoms with Gasteiger partial charge in [0.2, 0.25) is 11.8 Å². The predicted octanol–water partition coefficient (Wildman–Crippen LogP) is 7.42. The summed E-state index contributed by atoms with van der Waals surface area (Å²) in [4.78, 5) is 29.6. The van der Waals surface area contributed by atoms with Crippen molar-refractivity contribution in [3.8, 4) is 11.5 Å². The molecule has 0 bridgehead atoms. The van der Waals surface area contributed by atoms with Crippen LogP contribution in [0.1, 0.15) is 62.6 Å². The van der Waals surface area contributed by atoms with E-state index in [4.69, 9.17) is 32.7 Å². The van der Waals surface area contributed by atoms with Gasteiger partial charge in [-0.25, -0.2) is 0 Å². The Kier molecular flexibility index (Phi) is 12.0. The van der Waals surface area contributed by atoms with E-state index in [9.17, 15) is 9.59 Å². The van der Waals surface area contributed by atoms with Crippen molar-refractivity contribution in [2.45, 2.75) is 77.4 Å². The van der Waals surface area contributed by atoms with E-state index >= 15 is 0 Å². The van der Waals surface area contributed by atoms with Crippen LogP contribution in [0.5, 0.6) is 11.5 Å². The molecule has 0 saturated heterocycles. The van der Waals surface area contributed by atoms with E-state index in [0.29, 0.717) is 47.6 Å². The minimum Gasteiger partial charge on any atom is -0.490 e. The minimum absolute atomic E-state index is 0.129. The number of nitrogens with one attached hydrogen (secondary N) is 1. The molecule has 224 valence electrons. The second-order valence-corrected chi connectivity index (χ2v) is 11.4. The fourth-order valence-corrected chi connectivity index (χ4v) is 5.87. The molecule has 2 amide bonds. The largest absolute Gasteiger partial charge is 0.490 e. The van der Waals surface area contributed by atoms with E-state index in [-0.39, 0.29) is 30.8 Å². The quantitative estimate of drug-likeness (QED) is 0.206. The third-order valence-corrected chi connectivity index (χ3v) is 8.15. The Hall–Kier alpha value is -3.22. The fraction of sp³-hybridized carbons (Fsp3) is 0.412. The lowest BCUT2D eigenvalue weighted by atomic mass is 10.0. The van der Waals surface area contributed by atoms with Crippen LogP contribution >= 0.6 is 23.2 Å². The summed E-state index contributed by atoms with van der Waals surface area (Å²) in [6, 6.07) is 20.3. The Morgan fingerprint density at radius 1 is 0.905 bits per heavy atom. The van der Waals surface area contributed by atoms with E-state index in [1.807, 2.05) is 68.4 Å². The van der Waals surface area contributed by atoms with Crippen molar-refractivity contribution in [2.24, 2.45) is 0 Å². The van der Waals surface area contributed by atoms with Crippen LogP contribution in [0, 0.1) is 0 Å². The average Bonchev–Trinajstić information content (AvgIpc) is 3.49. The van der Waals surface area contributed by atoms with Gasteiger partial charge in [0.15, 0.2) is 11.5 Å². The Balaban J connectivity index is 1.62. The van der Waals surface area contributed by atoms with Gasteiger partial charge >= 0.3 is 0 Å². The SMILES string of the molecule is CCOc1ccc(CCC(=O)N(Cc2ccc(Cl)cc2Cl)[C@@H](Cc2ccccc2)C(=O)NC2CCCC2)cc1OCC. The van der Waals surface area contributed by atoms with Crippen LogP contribution in [0.2, 0.25) is 10.0 Å². The zero-order valence-electron chi connectivity index (χ0n) is 24.4. The van der Waals surface area contributed by atoms with E-state index in [0.717, 1.165) is 42.4 Å². The van der Waals surface area contributed by atoms with Gasteiger partial charge in [-0.3, -0.25) is 9.59 Å². The van der Waals surface area contributed by atoms with Crippen molar-refractivity contribution < 1.29 is 19.1 Å². The molecule has 0 spiro atoms. The summed E-state index contributed by atoms with van der Waals surface area (Å²) in [6.45, 7) is 5.09. The average molecular weight is 612 g/mol. The van der Waals surface area contributed by atoms with Crippen LogP contribution in [0.15, 0.2) is 66.7 Å². The van der Waals surface area contributed by atoms with Gasteiger partial charge in [-0.05, 0) is 74.1 Å². The fourth-order valence-electron chi connectivity index (χ4n) is 5.40. The highest BCUT2D eigenvalue weighted by atomic mass is 35.5. The van der Waals surface area contributed by atoms with Crippen LogP contribution in [0.25, 0.3) is 0 Å². The number of hydrogen-bond donors (Lipinski definition) is 1. The zero-order chi connectivity index (χ0) is 29.9. The monoisotopic (exact) mass is 610 g/mol. The molecule has 1 fully saturated rings. The number of carbonyl (C=O) groups excluding carboxylic acids is 2. The van der Waals surface area contributed by atoms with E-state index in [1.165, 1.54) is 0 Å². The topological polar surface area (TPSA) is 67.9 Å². The molecule has 3 aromatic rings. The first-order chi connectivity index (χ1) is 20.4. The molecule has 1 N–H and O–H groups in total. The van der Waals surface area contributed by atoms with Gasteiger partial charge in [-0.1, -0.05) is 78.5 Å². The second-order valence-electron chi connectivity index (χ2n) is 10.6. The minimum atomic E-state index is -0.702. The van der Waals surface area contributed by atoms with Gasteiger partial charge in [-0.2, -0.15) is 0 Å². The molecule has 0 radical (unpaired) electrons. The Morgan fingerprint density at radius 2 is 1.62 bits per heavy atom. The first-order valence-corrected chi connectivity index (χ1v) is 15.6. The molecule has 8 heteroatoms. The molecule has 6 nitrogen and oxygen atoms in total. The van der Waals surface area contributed by atoms with Gasteiger partial charge in [-0.15, -0.1) is 0 Å². The van der Waals surface area contributed by atoms with Crippen LogP contribution in [0.3, 0.4) is 0 Å². The predicted molar refractivity (Wildman–Crippen MR) is 168 cm³/mol. The van der Waals surface area contributed by atoms with Crippen molar-refractivity contribution in [1.82, 2.24) is 10.2 Å². The Bertz CT molecular complexity index is 1330. The number of ether oxygens (including phenoxy) is 2. The molecule has 0 aromatic heterocycles. The zero-order valence-corrected chi connectivity index (χ0v) is 25.9. The molecule has 0 heterocycles. The van der Waals surface area contributed by atoms with Crippen molar-refractivity contribution in [3.63, 3.8) is 0 Å². The number of carbonyl (C=O) groups is 2. The van der Waals surface area contributed by atoms with Gasteiger partial charge in [0, 0.05) is 35.5 Å². The molecule has 1 aliphatic rings. The van der Waals surface area contributed by atoms with E-state index < -0.39 is 6.04 Å². The van der Waals surface area contributed by atoms with Crippen LogP contribution in [-0.2, 0) is 29.0 Å². The molecule has 0 unspecified atom stereocenters. The molecule has 42 heavy (non-hydrogen) atoms. The number of halogens is 2. The lowest BCUT2D eigenvalue weighted by molar-refractivity contribution is -0.141. The molecule has 1 atom stereocenters. The highest BCUT2D eigenvalue weighted by molar-refractivity contribution is 6.35. The van der Waals surface area contributed by atoms with Crippen LogP contribution < -0.4 is 14.8 Å². The normalized spacial score (nSPS) is 13.9. The Morgan fingerprint density at radius 3 is 2.31 bits per heavy atom. The maximum absolute atomic E-state index is 14.1. The number of amides is 2. The molecular weight excluding hydrogens is 571 g/mol. The van der Waals surface area contributed by atoms with Crippen LogP contribution in [-0.4, -0.2) is 42.0 Å². The summed E-state index contributed by atoms with van der Waals surface area (Å²) in [6.07, 6.45) is 5.21. The third kappa shape index (κ3) is 8.89. The number of rotatable bonds is 14. The number of nitrogens with zero attached hydrogens (tertiary/aromatic N) is 1. The van der Waals surface area contributed by atoms with Crippen molar-refractivity contribution in [3.05, 3.63) is 93.5 Å². The smallest absolute Gasteiger partial charge is 0.243 e. The summed E-state index contributed by atoms with van der Waals surface area (Å²) in [5.74, 6) is 1.08. The first-order valence-electron chi connectivity index (χ1n) is 14.8. The maximum atomic E-state index is 14.1. The van der Waals surface area contributed by atoms with Gasteiger partial charge in [0.05, 0.1) is 13.2 Å². The van der Waals surface area contributed by atoms with E-state index in [2.05, 4.69) is 5.32 Å². The maximum Gasteiger partial charge on any atom is 0.243 e. The van der Waals surface area contributed by atoms with Crippen LogP contribution in [0.4, 0.5) is 0 Å². The molecule has 1 aliphatic carbocycles. The molecular formula is C34H40Cl2N2O4. The summed E-state index contributed by atoms with van der Waals surface area (Å²) in [5, 5.41) is 4.22. The lowest BCUT2D eigenvalue weighted by Crippen LogP contribution is -2.52. The number of hydrogen-bond acceptors (Lipinski definition) is 4. The van der Waals surface area contributed by atoms with Gasteiger partial charge in [0.1, 0.15) is 6.04 Å². The molecule has 0 aliphatic heterocycles. The number of benzene rings is 3. The molecule has 4 rings (SSSR count).